The van der Waals surface area contributed by atoms with E-state index < -0.39 is 0 Å². The van der Waals surface area contributed by atoms with Crippen LogP contribution in [0.15, 0.2) is 65.4 Å². The first-order valence-corrected chi connectivity index (χ1v) is 14.3. The van der Waals surface area contributed by atoms with Gasteiger partial charge in [0.15, 0.2) is 0 Å². The number of aromatic nitrogens is 2. The maximum absolute atomic E-state index is 6.59. The van der Waals surface area contributed by atoms with E-state index in [1.54, 1.807) is 0 Å². The molecule has 0 spiro atoms. The van der Waals surface area contributed by atoms with Crippen LogP contribution in [-0.4, -0.2) is 66.5 Å². The van der Waals surface area contributed by atoms with E-state index >= 15 is 0 Å². The van der Waals surface area contributed by atoms with Gasteiger partial charge in [-0.15, -0.1) is 0 Å². The number of hydrogen-bond donors (Lipinski definition) is 2. The predicted molar refractivity (Wildman–Crippen MR) is 165 cm³/mol. The van der Waals surface area contributed by atoms with Gasteiger partial charge in [-0.3, -0.25) is 9.89 Å². The molecule has 3 aromatic rings. The Morgan fingerprint density at radius 1 is 1.07 bits per heavy atom. The SMILES string of the molecule is CCOc1cc(N2CCN(C(C)C)CC2)ccc1Nc1ncc2c(n1)C(C(Cc1ccccc1)=NC)=C(N)CC2. The van der Waals surface area contributed by atoms with Crippen molar-refractivity contribution in [2.45, 2.75) is 46.1 Å². The molecule has 0 bridgehead atoms. The van der Waals surface area contributed by atoms with Crippen molar-refractivity contribution in [1.82, 2.24) is 14.9 Å². The Balaban J connectivity index is 1.40. The average molecular weight is 540 g/mol. The summed E-state index contributed by atoms with van der Waals surface area (Å²) in [5.41, 5.74) is 14.4. The molecular formula is C32H41N7O. The van der Waals surface area contributed by atoms with Gasteiger partial charge >= 0.3 is 0 Å². The molecule has 210 valence electrons. The molecule has 1 aliphatic heterocycles. The third kappa shape index (κ3) is 6.12. The van der Waals surface area contributed by atoms with Crippen LogP contribution in [0.25, 0.3) is 5.57 Å². The number of benzene rings is 2. The van der Waals surface area contributed by atoms with Crippen LogP contribution in [0, 0.1) is 0 Å². The summed E-state index contributed by atoms with van der Waals surface area (Å²) in [6.45, 7) is 11.2. The van der Waals surface area contributed by atoms with Gasteiger partial charge in [0.05, 0.1) is 18.0 Å². The van der Waals surface area contributed by atoms with Crippen molar-refractivity contribution >= 4 is 28.6 Å². The molecule has 2 aromatic carbocycles. The molecule has 0 radical (unpaired) electrons. The zero-order valence-electron chi connectivity index (χ0n) is 24.2. The first-order chi connectivity index (χ1) is 19.5. The molecule has 2 aliphatic rings. The molecule has 3 N–H and O–H groups in total. The van der Waals surface area contributed by atoms with E-state index in [0.717, 1.165) is 78.7 Å². The van der Waals surface area contributed by atoms with Crippen molar-refractivity contribution in [3.05, 3.63) is 77.2 Å². The fourth-order valence-electron chi connectivity index (χ4n) is 5.51. The first-order valence-electron chi connectivity index (χ1n) is 14.3. The summed E-state index contributed by atoms with van der Waals surface area (Å²) in [7, 11) is 1.83. The molecule has 1 aliphatic carbocycles. The zero-order chi connectivity index (χ0) is 28.1. The normalized spacial score (nSPS) is 16.3. The minimum Gasteiger partial charge on any atom is -0.492 e. The Bertz CT molecular complexity index is 1380. The molecule has 8 heteroatoms. The lowest BCUT2D eigenvalue weighted by Crippen LogP contribution is -2.48. The number of nitrogens with zero attached hydrogens (tertiary/aromatic N) is 5. The van der Waals surface area contributed by atoms with Crippen molar-refractivity contribution in [3.63, 3.8) is 0 Å². The summed E-state index contributed by atoms with van der Waals surface area (Å²) < 4.78 is 6.07. The van der Waals surface area contributed by atoms with Gasteiger partial charge in [-0.05, 0) is 56.9 Å². The highest BCUT2D eigenvalue weighted by molar-refractivity contribution is 6.25. The van der Waals surface area contributed by atoms with E-state index in [-0.39, 0.29) is 0 Å². The van der Waals surface area contributed by atoms with Crippen LogP contribution in [0.4, 0.5) is 17.3 Å². The number of ether oxygens (including phenoxy) is 1. The van der Waals surface area contributed by atoms with Gasteiger partial charge in [0.25, 0.3) is 0 Å². The zero-order valence-corrected chi connectivity index (χ0v) is 24.2. The quantitative estimate of drug-likeness (QED) is 0.367. The topological polar surface area (TPSA) is 91.9 Å². The number of fused-ring (bicyclic) bond motifs is 1. The second kappa shape index (κ2) is 12.5. The van der Waals surface area contributed by atoms with Crippen LogP contribution in [0.3, 0.4) is 0 Å². The monoisotopic (exact) mass is 539 g/mol. The van der Waals surface area contributed by atoms with Gasteiger partial charge in [-0.25, -0.2) is 9.97 Å². The lowest BCUT2D eigenvalue weighted by molar-refractivity contribution is 0.209. The van der Waals surface area contributed by atoms with E-state index in [1.807, 2.05) is 38.4 Å². The Labute approximate surface area is 238 Å². The number of aryl methyl sites for hydroxylation is 1. The van der Waals surface area contributed by atoms with Crippen molar-refractivity contribution in [2.75, 3.05) is 50.1 Å². The lowest BCUT2D eigenvalue weighted by Gasteiger charge is -2.38. The fraction of sp³-hybridized carbons (Fsp3) is 0.406. The van der Waals surface area contributed by atoms with E-state index in [0.29, 0.717) is 25.0 Å². The predicted octanol–water partition coefficient (Wildman–Crippen LogP) is 5.08. The van der Waals surface area contributed by atoms with Crippen molar-refractivity contribution < 1.29 is 4.74 Å². The second-order valence-electron chi connectivity index (χ2n) is 10.7. The van der Waals surface area contributed by atoms with E-state index in [4.69, 9.17) is 15.5 Å². The van der Waals surface area contributed by atoms with Crippen LogP contribution in [0.5, 0.6) is 5.75 Å². The number of hydrogen-bond acceptors (Lipinski definition) is 8. The molecule has 2 heterocycles. The van der Waals surface area contributed by atoms with Crippen LogP contribution in [0.1, 0.15) is 44.0 Å². The smallest absolute Gasteiger partial charge is 0.227 e. The van der Waals surface area contributed by atoms with E-state index in [2.05, 4.69) is 69.3 Å². The fourth-order valence-corrected chi connectivity index (χ4v) is 5.51. The van der Waals surface area contributed by atoms with E-state index in [1.165, 1.54) is 11.3 Å². The third-order valence-corrected chi connectivity index (χ3v) is 7.78. The summed E-state index contributed by atoms with van der Waals surface area (Å²) in [5, 5.41) is 3.42. The Hall–Kier alpha value is -3.91. The highest BCUT2D eigenvalue weighted by atomic mass is 16.5. The third-order valence-electron chi connectivity index (χ3n) is 7.78. The Morgan fingerprint density at radius 2 is 1.85 bits per heavy atom. The number of piperazine rings is 1. The molecule has 0 unspecified atom stereocenters. The number of aliphatic imine (C=N–C) groups is 1. The van der Waals surface area contributed by atoms with Crippen molar-refractivity contribution in [2.24, 2.45) is 10.7 Å². The van der Waals surface area contributed by atoms with Crippen LogP contribution in [0.2, 0.25) is 0 Å². The molecule has 40 heavy (non-hydrogen) atoms. The van der Waals surface area contributed by atoms with Crippen molar-refractivity contribution in [3.8, 4) is 5.75 Å². The number of nitrogens with one attached hydrogen (secondary N) is 1. The molecule has 1 saturated heterocycles. The molecule has 0 saturated carbocycles. The van der Waals surface area contributed by atoms with Crippen molar-refractivity contribution in [1.29, 1.82) is 0 Å². The minimum atomic E-state index is 0.514. The van der Waals surface area contributed by atoms with Gasteiger partial charge in [-0.1, -0.05) is 30.3 Å². The summed E-state index contributed by atoms with van der Waals surface area (Å²) in [6.07, 6.45) is 4.20. The Kier molecular flexibility index (Phi) is 8.65. The second-order valence-corrected chi connectivity index (χ2v) is 10.7. The van der Waals surface area contributed by atoms with E-state index in [9.17, 15) is 0 Å². The lowest BCUT2D eigenvalue weighted by atomic mass is 9.88. The molecule has 5 rings (SSSR count). The molecule has 1 aromatic heterocycles. The number of anilines is 3. The summed E-state index contributed by atoms with van der Waals surface area (Å²) in [6, 6.07) is 17.3. The first kappa shape index (κ1) is 27.6. The van der Waals surface area contributed by atoms with Gasteiger partial charge in [0.1, 0.15) is 5.75 Å². The highest BCUT2D eigenvalue weighted by Gasteiger charge is 2.25. The molecule has 8 nitrogen and oxygen atoms in total. The maximum Gasteiger partial charge on any atom is 0.227 e. The molecule has 1 fully saturated rings. The standard InChI is InChI=1S/C32H41N7O/c1-5-40-29-20-25(39-17-15-38(16-18-39)22(2)3)12-14-27(29)36-32-35-21-24-11-13-26(33)30(31(24)37-32)28(34-4)19-23-9-7-6-8-10-23/h6-10,12,14,20-22H,5,11,13,15-19,33H2,1-4H3,(H,35,36,37). The maximum atomic E-state index is 6.59. The summed E-state index contributed by atoms with van der Waals surface area (Å²) >= 11 is 0. The van der Waals surface area contributed by atoms with Gasteiger partial charge in [-0.2, -0.15) is 0 Å². The highest BCUT2D eigenvalue weighted by Crippen LogP contribution is 2.34. The largest absolute Gasteiger partial charge is 0.492 e. The minimum absolute atomic E-state index is 0.514. The Morgan fingerprint density at radius 3 is 2.55 bits per heavy atom. The number of rotatable bonds is 9. The van der Waals surface area contributed by atoms with Crippen LogP contribution >= 0.6 is 0 Å². The van der Waals surface area contributed by atoms with Gasteiger partial charge < -0.3 is 20.7 Å². The molecular weight excluding hydrogens is 498 g/mol. The average Bonchev–Trinajstić information content (AvgIpc) is 2.98. The summed E-state index contributed by atoms with van der Waals surface area (Å²) in [4.78, 5) is 19.2. The molecule has 0 amide bonds. The van der Waals surface area contributed by atoms with Crippen LogP contribution < -0.4 is 20.7 Å². The molecule has 0 atom stereocenters. The number of allylic oxidation sites excluding steroid dienone is 2. The summed E-state index contributed by atoms with van der Waals surface area (Å²) in [5.74, 6) is 1.31. The van der Waals surface area contributed by atoms with Crippen LogP contribution in [-0.2, 0) is 12.8 Å². The number of nitrogens with two attached hydrogens (primary N) is 1. The van der Waals surface area contributed by atoms with Gasteiger partial charge in [0.2, 0.25) is 5.95 Å². The van der Waals surface area contributed by atoms with Gasteiger partial charge in [0, 0.05) is 80.6 Å².